The van der Waals surface area contributed by atoms with E-state index in [9.17, 15) is 28.0 Å². The number of hydrogen-bond acceptors (Lipinski definition) is 4. The lowest BCUT2D eigenvalue weighted by Gasteiger charge is -2.18. The number of nitriles is 1. The summed E-state index contributed by atoms with van der Waals surface area (Å²) in [5.41, 5.74) is 0.592. The molecule has 212 valence electrons. The van der Waals surface area contributed by atoms with Gasteiger partial charge in [-0.05, 0) is 61.1 Å². The summed E-state index contributed by atoms with van der Waals surface area (Å²) in [5.74, 6) is -2.88. The summed E-state index contributed by atoms with van der Waals surface area (Å²) in [7, 11) is 1.64. The standard InChI is InChI=1S/C28H22Cl3F3N5O2/c1-37-14-38(36-27(37)39(25(40)16-4-5-16)26(41)17-6-7-17)23-9-3-15(10-19(23)13-35)2-8-20(28(32,33)34)18-11-21(29)24(31)22(30)12-18/h2-3,8-12,14,16-17,20H,4-7H2,1H3/q+1. The van der Waals surface area contributed by atoms with Crippen LogP contribution in [-0.4, -0.2) is 27.8 Å². The van der Waals surface area contributed by atoms with Gasteiger partial charge in [-0.2, -0.15) is 18.4 Å². The molecule has 41 heavy (non-hydrogen) atoms. The number of rotatable bonds is 7. The maximum atomic E-state index is 13.9. The number of alkyl halides is 3. The maximum Gasteiger partial charge on any atom is 0.399 e. The van der Waals surface area contributed by atoms with Crippen molar-refractivity contribution in [2.75, 3.05) is 4.90 Å². The lowest BCUT2D eigenvalue weighted by Crippen LogP contribution is -2.46. The molecule has 0 bridgehead atoms. The largest absolute Gasteiger partial charge is 0.399 e. The number of aryl methyl sites for hydroxylation is 1. The molecule has 0 radical (unpaired) electrons. The second kappa shape index (κ2) is 11.1. The SMILES string of the molecule is C[n+]1cn(-c2ccc(C=CC(c3cc(Cl)c(Cl)c(Cl)c3)C(F)(F)F)cc2C#N)nc1N(C(=O)C1CC1)C(=O)C1CC1. The minimum Gasteiger partial charge on any atom is -0.260 e. The van der Waals surface area contributed by atoms with Crippen LogP contribution in [0.1, 0.15) is 48.3 Å². The first-order chi connectivity index (χ1) is 19.4. The monoisotopic (exact) mass is 622 g/mol. The predicted molar refractivity (Wildman–Crippen MR) is 147 cm³/mol. The Morgan fingerprint density at radius 2 is 1.68 bits per heavy atom. The van der Waals surface area contributed by atoms with Gasteiger partial charge in [0, 0.05) is 5.10 Å². The van der Waals surface area contributed by atoms with Crippen LogP contribution < -0.4 is 9.47 Å². The molecule has 0 aliphatic heterocycles. The Bertz CT molecular complexity index is 1570. The van der Waals surface area contributed by atoms with E-state index in [-0.39, 0.29) is 55.8 Å². The number of amides is 2. The molecule has 0 saturated heterocycles. The van der Waals surface area contributed by atoms with Crippen LogP contribution in [0.15, 0.2) is 42.7 Å². The first-order valence-electron chi connectivity index (χ1n) is 12.7. The highest BCUT2D eigenvalue weighted by Crippen LogP contribution is 2.41. The molecule has 2 aliphatic carbocycles. The highest BCUT2D eigenvalue weighted by molar-refractivity contribution is 6.48. The Morgan fingerprint density at radius 1 is 1.10 bits per heavy atom. The van der Waals surface area contributed by atoms with E-state index in [1.165, 1.54) is 39.9 Å². The fourth-order valence-corrected chi connectivity index (χ4v) is 4.99. The van der Waals surface area contributed by atoms with Crippen molar-refractivity contribution < 1.29 is 27.3 Å². The molecule has 2 aliphatic rings. The number of imide groups is 1. The Balaban J connectivity index is 1.46. The molecule has 0 N–H and O–H groups in total. The third-order valence-corrected chi connectivity index (χ3v) is 8.07. The van der Waals surface area contributed by atoms with E-state index >= 15 is 0 Å². The fraction of sp³-hybridized carbons (Fsp3) is 0.321. The van der Waals surface area contributed by atoms with Crippen LogP contribution in [0.25, 0.3) is 11.8 Å². The number of halogens is 6. The highest BCUT2D eigenvalue weighted by Gasteiger charge is 2.48. The molecular formula is C28H22Cl3F3N5O2+. The van der Waals surface area contributed by atoms with Gasteiger partial charge < -0.3 is 0 Å². The molecule has 1 heterocycles. The number of nitrogens with zero attached hydrogens (tertiary/aromatic N) is 5. The number of aromatic nitrogens is 3. The number of benzene rings is 2. The Hall–Kier alpha value is -3.39. The molecule has 13 heteroatoms. The number of hydrogen-bond donors (Lipinski definition) is 0. The molecule has 2 saturated carbocycles. The molecule has 1 atom stereocenters. The van der Waals surface area contributed by atoms with Gasteiger partial charge in [-0.3, -0.25) is 9.59 Å². The zero-order chi connectivity index (χ0) is 29.6. The average Bonchev–Trinajstić information content (AvgIpc) is 3.84. The number of carbonyl (C=O) groups excluding carboxylic acids is 2. The second-order valence-electron chi connectivity index (χ2n) is 10.1. The Kier molecular flexibility index (Phi) is 7.90. The molecular weight excluding hydrogens is 602 g/mol. The van der Waals surface area contributed by atoms with Gasteiger partial charge in [0.25, 0.3) is 11.8 Å². The van der Waals surface area contributed by atoms with Gasteiger partial charge in [0.2, 0.25) is 0 Å². The fourth-order valence-electron chi connectivity index (χ4n) is 4.38. The molecule has 2 fully saturated rings. The summed E-state index contributed by atoms with van der Waals surface area (Å²) in [6.45, 7) is 0. The van der Waals surface area contributed by atoms with E-state index < -0.39 is 12.1 Å². The van der Waals surface area contributed by atoms with Crippen LogP contribution >= 0.6 is 34.8 Å². The van der Waals surface area contributed by atoms with Crippen LogP contribution in [0.2, 0.25) is 15.1 Å². The molecule has 5 rings (SSSR count). The van der Waals surface area contributed by atoms with Crippen molar-refractivity contribution in [1.82, 2.24) is 9.78 Å². The van der Waals surface area contributed by atoms with Crippen molar-refractivity contribution in [3.8, 4) is 11.8 Å². The zero-order valence-corrected chi connectivity index (χ0v) is 23.8. The minimum absolute atomic E-state index is 0.0386. The van der Waals surface area contributed by atoms with E-state index in [0.29, 0.717) is 11.3 Å². The van der Waals surface area contributed by atoms with Crippen molar-refractivity contribution in [2.24, 2.45) is 18.9 Å². The predicted octanol–water partition coefficient (Wildman–Crippen LogP) is 6.57. The summed E-state index contributed by atoms with van der Waals surface area (Å²) in [4.78, 5) is 27.1. The van der Waals surface area contributed by atoms with Gasteiger partial charge in [-0.15, -0.1) is 9.58 Å². The third-order valence-electron chi connectivity index (χ3n) is 6.88. The van der Waals surface area contributed by atoms with E-state index in [2.05, 4.69) is 5.10 Å². The number of carbonyl (C=O) groups is 2. The van der Waals surface area contributed by atoms with E-state index in [1.54, 1.807) is 7.05 Å². The van der Waals surface area contributed by atoms with Crippen LogP contribution in [0, 0.1) is 23.2 Å². The van der Waals surface area contributed by atoms with Crippen molar-refractivity contribution >= 4 is 58.6 Å². The molecule has 0 spiro atoms. The van der Waals surface area contributed by atoms with Crippen molar-refractivity contribution in [2.45, 2.75) is 37.8 Å². The van der Waals surface area contributed by atoms with Gasteiger partial charge in [0.1, 0.15) is 11.8 Å². The third kappa shape index (κ3) is 6.13. The summed E-state index contributed by atoms with van der Waals surface area (Å²) < 4.78 is 44.7. The van der Waals surface area contributed by atoms with E-state index in [0.717, 1.165) is 48.8 Å². The van der Waals surface area contributed by atoms with Gasteiger partial charge in [-0.25, -0.2) is 4.57 Å². The van der Waals surface area contributed by atoms with Crippen LogP contribution in [0.4, 0.5) is 19.1 Å². The average molecular weight is 624 g/mol. The zero-order valence-electron chi connectivity index (χ0n) is 21.5. The lowest BCUT2D eigenvalue weighted by molar-refractivity contribution is -0.658. The summed E-state index contributed by atoms with van der Waals surface area (Å²) in [6.07, 6.45) is 1.95. The second-order valence-corrected chi connectivity index (χ2v) is 11.3. The molecule has 7 nitrogen and oxygen atoms in total. The Morgan fingerprint density at radius 3 is 2.20 bits per heavy atom. The van der Waals surface area contributed by atoms with E-state index in [4.69, 9.17) is 34.8 Å². The smallest absolute Gasteiger partial charge is 0.260 e. The molecule has 1 unspecified atom stereocenters. The van der Waals surface area contributed by atoms with Crippen molar-refractivity contribution in [3.63, 3.8) is 0 Å². The quantitative estimate of drug-likeness (QED) is 0.169. The summed E-state index contributed by atoms with van der Waals surface area (Å²) in [5, 5.41) is 14.1. The molecule has 2 aromatic carbocycles. The lowest BCUT2D eigenvalue weighted by atomic mass is 9.96. The molecule has 3 aromatic rings. The normalized spacial score (nSPS) is 16.0. The summed E-state index contributed by atoms with van der Waals surface area (Å²) in [6, 6.07) is 8.76. The molecule has 2 amide bonds. The van der Waals surface area contributed by atoms with Crippen molar-refractivity contribution in [1.29, 1.82) is 5.26 Å². The van der Waals surface area contributed by atoms with Gasteiger partial charge in [0.15, 0.2) is 6.33 Å². The summed E-state index contributed by atoms with van der Waals surface area (Å²) >= 11 is 17.8. The van der Waals surface area contributed by atoms with Gasteiger partial charge in [-0.1, -0.05) is 53.0 Å². The first kappa shape index (κ1) is 29.1. The minimum atomic E-state index is -4.66. The van der Waals surface area contributed by atoms with Gasteiger partial charge in [0.05, 0.1) is 45.4 Å². The number of allylic oxidation sites excluding steroid dienone is 1. The van der Waals surface area contributed by atoms with Crippen LogP contribution in [-0.2, 0) is 16.6 Å². The van der Waals surface area contributed by atoms with Crippen LogP contribution in [0.5, 0.6) is 0 Å². The Labute approximate surface area is 248 Å². The highest BCUT2D eigenvalue weighted by atomic mass is 35.5. The topological polar surface area (TPSA) is 82.9 Å². The van der Waals surface area contributed by atoms with E-state index in [1.807, 2.05) is 6.07 Å². The first-order valence-corrected chi connectivity index (χ1v) is 13.8. The van der Waals surface area contributed by atoms with Crippen LogP contribution in [0.3, 0.4) is 0 Å². The molecule has 1 aromatic heterocycles. The maximum absolute atomic E-state index is 13.9. The number of anilines is 1. The van der Waals surface area contributed by atoms with Crippen molar-refractivity contribution in [3.05, 3.63) is 74.5 Å². The van der Waals surface area contributed by atoms with Gasteiger partial charge >= 0.3 is 12.1 Å².